The Bertz CT molecular complexity index is 355. The number of amides is 1. The number of hydrogen-bond donors (Lipinski definition) is 1. The smallest absolute Gasteiger partial charge is 0.220 e. The molecule has 2 rings (SSSR count). The average molecular weight is 210 g/mol. The topological polar surface area (TPSA) is 29.1 Å². The molecule has 1 saturated heterocycles. The van der Waals surface area contributed by atoms with E-state index < -0.39 is 0 Å². The molecule has 1 aromatic carbocycles. The van der Waals surface area contributed by atoms with Crippen LogP contribution in [0, 0.1) is 6.92 Å². The maximum Gasteiger partial charge on any atom is 0.220 e. The highest BCUT2D eigenvalue weighted by Gasteiger charge is 2.24. The van der Waals surface area contributed by atoms with Gasteiger partial charge >= 0.3 is 0 Å². The van der Waals surface area contributed by atoms with Gasteiger partial charge in [-0.15, -0.1) is 0 Å². The van der Waals surface area contributed by atoms with Crippen LogP contribution in [-0.4, -0.2) is 5.91 Å². The molecule has 1 atom stereocenters. The van der Waals surface area contributed by atoms with Gasteiger partial charge in [0.25, 0.3) is 0 Å². The molecule has 14 heavy (non-hydrogen) atoms. The molecule has 2 nitrogen and oxygen atoms in total. The summed E-state index contributed by atoms with van der Waals surface area (Å²) in [6, 6.07) is 5.93. The van der Waals surface area contributed by atoms with E-state index in [1.54, 1.807) is 0 Å². The fourth-order valence-corrected chi connectivity index (χ4v) is 2.27. The molecule has 0 unspecified atom stereocenters. The van der Waals surface area contributed by atoms with Crippen LogP contribution in [0.15, 0.2) is 18.2 Å². The van der Waals surface area contributed by atoms with Gasteiger partial charge in [-0.25, -0.2) is 0 Å². The van der Waals surface area contributed by atoms with Gasteiger partial charge in [0.05, 0.1) is 6.04 Å². The van der Waals surface area contributed by atoms with E-state index in [1.807, 2.05) is 25.1 Å². The van der Waals surface area contributed by atoms with Gasteiger partial charge in [0.15, 0.2) is 0 Å². The number of carbonyl (C=O) groups is 1. The molecule has 1 aromatic rings. The fraction of sp³-hybridized carbons (Fsp3) is 0.364. The average Bonchev–Trinajstić information content (AvgIpc) is 2.51. The highest BCUT2D eigenvalue weighted by molar-refractivity contribution is 6.31. The Hall–Kier alpha value is -1.02. The third-order valence-corrected chi connectivity index (χ3v) is 2.94. The van der Waals surface area contributed by atoms with E-state index in [2.05, 4.69) is 5.32 Å². The molecule has 1 N–H and O–H groups in total. The Balaban J connectivity index is 2.36. The molecule has 0 aromatic heterocycles. The second kappa shape index (κ2) is 3.62. The van der Waals surface area contributed by atoms with Crippen molar-refractivity contribution in [1.82, 2.24) is 5.32 Å². The molecule has 0 saturated carbocycles. The second-order valence-electron chi connectivity index (χ2n) is 3.63. The quantitative estimate of drug-likeness (QED) is 0.757. The summed E-state index contributed by atoms with van der Waals surface area (Å²) in [4.78, 5) is 11.1. The van der Waals surface area contributed by atoms with E-state index in [1.165, 1.54) is 0 Å². The summed E-state index contributed by atoms with van der Waals surface area (Å²) in [6.45, 7) is 2.02. The van der Waals surface area contributed by atoms with Crippen LogP contribution < -0.4 is 5.32 Å². The van der Waals surface area contributed by atoms with Crippen molar-refractivity contribution in [3.63, 3.8) is 0 Å². The van der Waals surface area contributed by atoms with E-state index in [-0.39, 0.29) is 11.9 Å². The van der Waals surface area contributed by atoms with Crippen LogP contribution in [0.2, 0.25) is 5.02 Å². The molecule has 74 valence electrons. The predicted molar refractivity (Wildman–Crippen MR) is 56.3 cm³/mol. The van der Waals surface area contributed by atoms with Crippen LogP contribution in [0.25, 0.3) is 0 Å². The van der Waals surface area contributed by atoms with Gasteiger partial charge in [0, 0.05) is 11.4 Å². The number of benzene rings is 1. The SMILES string of the molecule is Cc1cccc(Cl)c1[C@H]1CCC(=O)N1. The molecule has 3 heteroatoms. The van der Waals surface area contributed by atoms with Gasteiger partial charge in [-0.2, -0.15) is 0 Å². The van der Waals surface area contributed by atoms with Crippen molar-refractivity contribution in [3.05, 3.63) is 34.3 Å². The lowest BCUT2D eigenvalue weighted by Crippen LogP contribution is -2.19. The minimum atomic E-state index is 0.108. The molecule has 1 amide bonds. The minimum absolute atomic E-state index is 0.108. The maximum absolute atomic E-state index is 11.1. The summed E-state index contributed by atoms with van der Waals surface area (Å²) >= 11 is 6.11. The molecular formula is C11H12ClNO. The predicted octanol–water partition coefficient (Wildman–Crippen LogP) is 2.60. The Morgan fingerprint density at radius 2 is 2.29 bits per heavy atom. The van der Waals surface area contributed by atoms with E-state index >= 15 is 0 Å². The van der Waals surface area contributed by atoms with Gasteiger partial charge in [0.1, 0.15) is 0 Å². The number of rotatable bonds is 1. The molecule has 1 heterocycles. The third kappa shape index (κ3) is 1.62. The van der Waals surface area contributed by atoms with Crippen LogP contribution in [0.3, 0.4) is 0 Å². The van der Waals surface area contributed by atoms with Crippen LogP contribution >= 0.6 is 11.6 Å². The Kier molecular flexibility index (Phi) is 2.46. The largest absolute Gasteiger partial charge is 0.349 e. The normalized spacial score (nSPS) is 21.0. The fourth-order valence-electron chi connectivity index (χ4n) is 1.92. The van der Waals surface area contributed by atoms with E-state index in [0.29, 0.717) is 6.42 Å². The summed E-state index contributed by atoms with van der Waals surface area (Å²) in [5.41, 5.74) is 2.21. The van der Waals surface area contributed by atoms with Crippen molar-refractivity contribution in [2.75, 3.05) is 0 Å². The lowest BCUT2D eigenvalue weighted by atomic mass is 10.0. The zero-order chi connectivity index (χ0) is 10.1. The molecule has 0 radical (unpaired) electrons. The third-order valence-electron chi connectivity index (χ3n) is 2.61. The number of hydrogen-bond acceptors (Lipinski definition) is 1. The molecule has 0 bridgehead atoms. The van der Waals surface area contributed by atoms with Crippen molar-refractivity contribution < 1.29 is 4.79 Å². The Labute approximate surface area is 88.3 Å². The Morgan fingerprint density at radius 1 is 1.50 bits per heavy atom. The lowest BCUT2D eigenvalue weighted by Gasteiger charge is -2.14. The highest BCUT2D eigenvalue weighted by atomic mass is 35.5. The van der Waals surface area contributed by atoms with Gasteiger partial charge in [-0.05, 0) is 30.5 Å². The number of nitrogens with one attached hydrogen (secondary N) is 1. The minimum Gasteiger partial charge on any atom is -0.349 e. The summed E-state index contributed by atoms with van der Waals surface area (Å²) in [5.74, 6) is 0.120. The van der Waals surface area contributed by atoms with Crippen LogP contribution in [0.1, 0.15) is 30.0 Å². The zero-order valence-electron chi connectivity index (χ0n) is 8.01. The summed E-state index contributed by atoms with van der Waals surface area (Å²) < 4.78 is 0. The van der Waals surface area contributed by atoms with E-state index in [4.69, 9.17) is 11.6 Å². The second-order valence-corrected chi connectivity index (χ2v) is 4.04. The van der Waals surface area contributed by atoms with Crippen molar-refractivity contribution in [1.29, 1.82) is 0 Å². The molecule has 1 fully saturated rings. The Morgan fingerprint density at radius 3 is 2.86 bits per heavy atom. The van der Waals surface area contributed by atoms with E-state index in [0.717, 1.165) is 22.6 Å². The van der Waals surface area contributed by atoms with Gasteiger partial charge in [-0.3, -0.25) is 4.79 Å². The van der Waals surface area contributed by atoms with Crippen molar-refractivity contribution in [2.24, 2.45) is 0 Å². The molecule has 0 aliphatic carbocycles. The molecular weight excluding hydrogens is 198 g/mol. The van der Waals surface area contributed by atoms with Crippen LogP contribution in [0.4, 0.5) is 0 Å². The highest BCUT2D eigenvalue weighted by Crippen LogP contribution is 2.31. The monoisotopic (exact) mass is 209 g/mol. The van der Waals surface area contributed by atoms with Crippen molar-refractivity contribution in [2.45, 2.75) is 25.8 Å². The number of carbonyl (C=O) groups excluding carboxylic acids is 1. The lowest BCUT2D eigenvalue weighted by molar-refractivity contribution is -0.119. The molecule has 1 aliphatic rings. The first kappa shape index (κ1) is 9.53. The van der Waals surface area contributed by atoms with Crippen molar-refractivity contribution >= 4 is 17.5 Å². The van der Waals surface area contributed by atoms with E-state index in [9.17, 15) is 4.79 Å². The molecule has 0 spiro atoms. The first-order valence-corrected chi connectivity index (χ1v) is 5.10. The number of halogens is 1. The number of aryl methyl sites for hydroxylation is 1. The van der Waals surface area contributed by atoms with Gasteiger partial charge in [0.2, 0.25) is 5.91 Å². The maximum atomic E-state index is 11.1. The van der Waals surface area contributed by atoms with Crippen molar-refractivity contribution in [3.8, 4) is 0 Å². The summed E-state index contributed by atoms with van der Waals surface area (Å²) in [5, 5.41) is 3.68. The standard InChI is InChI=1S/C11H12ClNO/c1-7-3-2-4-8(12)11(7)9-5-6-10(14)13-9/h2-4,9H,5-6H2,1H3,(H,13,14)/t9-/m1/s1. The van der Waals surface area contributed by atoms with Gasteiger partial charge < -0.3 is 5.32 Å². The van der Waals surface area contributed by atoms with Crippen LogP contribution in [0.5, 0.6) is 0 Å². The van der Waals surface area contributed by atoms with Crippen LogP contribution in [-0.2, 0) is 4.79 Å². The molecule has 1 aliphatic heterocycles. The first-order valence-electron chi connectivity index (χ1n) is 4.73. The zero-order valence-corrected chi connectivity index (χ0v) is 8.77. The first-order chi connectivity index (χ1) is 6.68. The summed E-state index contributed by atoms with van der Waals surface area (Å²) in [6.07, 6.45) is 1.46. The summed E-state index contributed by atoms with van der Waals surface area (Å²) in [7, 11) is 0. The van der Waals surface area contributed by atoms with Gasteiger partial charge in [-0.1, -0.05) is 23.7 Å².